The van der Waals surface area contributed by atoms with Crippen LogP contribution in [0, 0.1) is 12.3 Å². The van der Waals surface area contributed by atoms with Crippen LogP contribution in [-0.4, -0.2) is 22.6 Å². The van der Waals surface area contributed by atoms with E-state index < -0.39 is 5.97 Å². The summed E-state index contributed by atoms with van der Waals surface area (Å²) in [5.41, 5.74) is 1.56. The van der Waals surface area contributed by atoms with Crippen LogP contribution in [0.1, 0.15) is 23.2 Å². The topological polar surface area (TPSA) is 62.2 Å². The fraction of sp³-hybridized carbons (Fsp3) is 0.200. The van der Waals surface area contributed by atoms with Crippen LogP contribution in [-0.2, 0) is 0 Å². The maximum atomic E-state index is 11.2. The Hall–Kier alpha value is -2.54. The fourth-order valence-corrected chi connectivity index (χ4v) is 1.90. The lowest BCUT2D eigenvalue weighted by molar-refractivity contribution is 0.0697. The summed E-state index contributed by atoms with van der Waals surface area (Å²) in [6.45, 7) is 0.637. The Morgan fingerprint density at radius 1 is 1.42 bits per heavy atom. The monoisotopic (exact) mass is 254 g/mol. The highest BCUT2D eigenvalue weighted by molar-refractivity contribution is 6.04. The van der Waals surface area contributed by atoms with Gasteiger partial charge >= 0.3 is 5.97 Å². The highest BCUT2D eigenvalue weighted by Gasteiger charge is 2.13. The summed E-state index contributed by atoms with van der Waals surface area (Å²) in [6.07, 6.45) is 8.04. The lowest BCUT2D eigenvalue weighted by Crippen LogP contribution is -2.09. The van der Waals surface area contributed by atoms with Crippen molar-refractivity contribution in [3.8, 4) is 12.3 Å². The number of hydrogen-bond acceptors (Lipinski definition) is 3. The van der Waals surface area contributed by atoms with Gasteiger partial charge in [0.15, 0.2) is 0 Å². The van der Waals surface area contributed by atoms with Crippen molar-refractivity contribution in [1.82, 2.24) is 4.98 Å². The molecule has 0 spiro atoms. The average molecular weight is 254 g/mol. The van der Waals surface area contributed by atoms with E-state index in [1.165, 1.54) is 6.20 Å². The Bertz CT molecular complexity index is 644. The molecule has 0 aliphatic heterocycles. The van der Waals surface area contributed by atoms with Gasteiger partial charge < -0.3 is 10.4 Å². The van der Waals surface area contributed by atoms with E-state index in [0.29, 0.717) is 18.7 Å². The molecule has 0 unspecified atom stereocenters. The number of unbranched alkanes of at least 4 members (excludes halogenated alkanes) is 1. The predicted octanol–water partition coefficient (Wildman–Crippen LogP) is 2.76. The molecule has 0 aliphatic rings. The number of benzene rings is 1. The molecule has 2 aromatic rings. The average Bonchev–Trinajstić information content (AvgIpc) is 2.43. The largest absolute Gasteiger partial charge is 0.478 e. The number of carbonyl (C=O) groups is 1. The molecule has 1 aromatic heterocycles. The van der Waals surface area contributed by atoms with E-state index in [0.717, 1.165) is 17.3 Å². The number of carboxylic acid groups (broad SMARTS) is 1. The van der Waals surface area contributed by atoms with Gasteiger partial charge in [0.25, 0.3) is 0 Å². The quantitative estimate of drug-likeness (QED) is 0.636. The van der Waals surface area contributed by atoms with E-state index in [9.17, 15) is 9.90 Å². The van der Waals surface area contributed by atoms with Crippen molar-refractivity contribution < 1.29 is 9.90 Å². The van der Waals surface area contributed by atoms with Gasteiger partial charge in [0.2, 0.25) is 0 Å². The van der Waals surface area contributed by atoms with Gasteiger partial charge in [0.1, 0.15) is 5.56 Å². The summed E-state index contributed by atoms with van der Waals surface area (Å²) in [5.74, 6) is 1.57. The molecule has 2 N–H and O–H groups in total. The molecule has 0 radical (unpaired) electrons. The molecule has 96 valence electrons. The Labute approximate surface area is 111 Å². The van der Waals surface area contributed by atoms with Crippen LogP contribution in [0.5, 0.6) is 0 Å². The molecule has 0 fully saturated rings. The number of nitrogens with one attached hydrogen (secondary N) is 1. The summed E-state index contributed by atoms with van der Waals surface area (Å²) in [4.78, 5) is 15.4. The number of nitrogens with zero attached hydrogens (tertiary/aromatic N) is 1. The first kappa shape index (κ1) is 12.9. The molecule has 0 amide bonds. The number of aromatic carboxylic acids is 1. The van der Waals surface area contributed by atoms with Crippen LogP contribution in [0.25, 0.3) is 10.9 Å². The molecule has 4 nitrogen and oxygen atoms in total. The summed E-state index contributed by atoms with van der Waals surface area (Å²) in [6, 6.07) is 7.45. The molecule has 0 saturated heterocycles. The number of hydrogen-bond donors (Lipinski definition) is 2. The van der Waals surface area contributed by atoms with Crippen LogP contribution < -0.4 is 5.32 Å². The first-order valence-electron chi connectivity index (χ1n) is 6.02. The molecule has 0 aliphatic carbocycles. The van der Waals surface area contributed by atoms with Crippen molar-refractivity contribution in [3.05, 3.63) is 36.0 Å². The Morgan fingerprint density at radius 2 is 2.21 bits per heavy atom. The minimum absolute atomic E-state index is 0.180. The van der Waals surface area contributed by atoms with E-state index in [2.05, 4.69) is 16.2 Å². The van der Waals surface area contributed by atoms with Crippen molar-refractivity contribution in [2.75, 3.05) is 11.9 Å². The smallest absolute Gasteiger partial charge is 0.339 e. The third-order valence-corrected chi connectivity index (χ3v) is 2.81. The van der Waals surface area contributed by atoms with E-state index >= 15 is 0 Å². The summed E-state index contributed by atoms with van der Waals surface area (Å²) in [5, 5.41) is 13.2. The van der Waals surface area contributed by atoms with Crippen LogP contribution in [0.4, 0.5) is 5.69 Å². The first-order chi connectivity index (χ1) is 9.24. The van der Waals surface area contributed by atoms with Gasteiger partial charge in [0, 0.05) is 24.5 Å². The molecule has 0 bridgehead atoms. The molecule has 19 heavy (non-hydrogen) atoms. The minimum atomic E-state index is -0.988. The number of pyridine rings is 1. The van der Waals surface area contributed by atoms with Crippen LogP contribution >= 0.6 is 0 Å². The van der Waals surface area contributed by atoms with Crippen LogP contribution in [0.15, 0.2) is 30.5 Å². The number of rotatable bonds is 5. The van der Waals surface area contributed by atoms with E-state index in [1.807, 2.05) is 24.3 Å². The predicted molar refractivity (Wildman–Crippen MR) is 75.3 cm³/mol. The maximum absolute atomic E-state index is 11.2. The van der Waals surface area contributed by atoms with Crippen molar-refractivity contribution >= 4 is 22.6 Å². The number of fused-ring (bicyclic) bond motifs is 1. The van der Waals surface area contributed by atoms with Crippen LogP contribution in [0.3, 0.4) is 0 Å². The standard InChI is InChI=1S/C15H14N2O2/c1-2-3-6-9-16-14-11-7-4-5-8-13(11)17-10-12(14)15(18)19/h1,4-5,7-8,10H,3,6,9H2,(H,16,17)(H,18,19). The number of anilines is 1. The summed E-state index contributed by atoms with van der Waals surface area (Å²) in [7, 11) is 0. The van der Waals surface area contributed by atoms with Gasteiger partial charge in [-0.25, -0.2) is 4.79 Å². The van der Waals surface area contributed by atoms with Crippen molar-refractivity contribution in [2.45, 2.75) is 12.8 Å². The van der Waals surface area contributed by atoms with Gasteiger partial charge in [-0.1, -0.05) is 18.2 Å². The summed E-state index contributed by atoms with van der Waals surface area (Å²) >= 11 is 0. The second-order valence-corrected chi connectivity index (χ2v) is 4.10. The second-order valence-electron chi connectivity index (χ2n) is 4.10. The molecule has 2 rings (SSSR count). The van der Waals surface area contributed by atoms with Crippen molar-refractivity contribution in [1.29, 1.82) is 0 Å². The Balaban J connectivity index is 2.39. The molecular formula is C15H14N2O2. The minimum Gasteiger partial charge on any atom is -0.478 e. The van der Waals surface area contributed by atoms with Gasteiger partial charge in [-0.2, -0.15) is 0 Å². The molecule has 0 atom stereocenters. The number of carboxylic acids is 1. The third-order valence-electron chi connectivity index (χ3n) is 2.81. The van der Waals surface area contributed by atoms with Gasteiger partial charge in [-0.15, -0.1) is 12.3 Å². The van der Waals surface area contributed by atoms with Gasteiger partial charge in [-0.05, 0) is 12.5 Å². The van der Waals surface area contributed by atoms with Crippen LogP contribution in [0.2, 0.25) is 0 Å². The molecule has 0 saturated carbocycles. The summed E-state index contributed by atoms with van der Waals surface area (Å²) < 4.78 is 0. The third kappa shape index (κ3) is 2.83. The second kappa shape index (κ2) is 5.87. The Kier molecular flexibility index (Phi) is 3.99. The van der Waals surface area contributed by atoms with E-state index in [1.54, 1.807) is 0 Å². The number of terminal acetylenes is 1. The Morgan fingerprint density at radius 3 is 2.95 bits per heavy atom. The van der Waals surface area contributed by atoms with Crippen molar-refractivity contribution in [3.63, 3.8) is 0 Å². The van der Waals surface area contributed by atoms with E-state index in [4.69, 9.17) is 6.42 Å². The lowest BCUT2D eigenvalue weighted by atomic mass is 10.1. The SMILES string of the molecule is C#CCCCNc1c(C(=O)O)cnc2ccccc12. The van der Waals surface area contributed by atoms with Gasteiger partial charge in [-0.3, -0.25) is 4.98 Å². The fourth-order valence-electron chi connectivity index (χ4n) is 1.90. The molecule has 1 heterocycles. The zero-order chi connectivity index (χ0) is 13.7. The highest BCUT2D eigenvalue weighted by Crippen LogP contribution is 2.25. The molecule has 1 aromatic carbocycles. The highest BCUT2D eigenvalue weighted by atomic mass is 16.4. The lowest BCUT2D eigenvalue weighted by Gasteiger charge is -2.11. The number of aromatic nitrogens is 1. The molecule has 4 heteroatoms. The van der Waals surface area contributed by atoms with E-state index in [-0.39, 0.29) is 5.56 Å². The van der Waals surface area contributed by atoms with Gasteiger partial charge in [0.05, 0.1) is 11.2 Å². The molecular weight excluding hydrogens is 240 g/mol. The first-order valence-corrected chi connectivity index (χ1v) is 6.02. The maximum Gasteiger partial charge on any atom is 0.339 e. The van der Waals surface area contributed by atoms with Crippen molar-refractivity contribution in [2.24, 2.45) is 0 Å². The number of para-hydroxylation sites is 1. The normalized spacial score (nSPS) is 10.1. The zero-order valence-corrected chi connectivity index (χ0v) is 10.4. The zero-order valence-electron chi connectivity index (χ0n) is 10.4.